The molecule has 1 aromatic rings. The number of piperidine rings is 1. The van der Waals surface area contributed by atoms with E-state index in [4.69, 9.17) is 0 Å². The molecular formula is C23H30F9N3O2. The van der Waals surface area contributed by atoms with Crippen molar-refractivity contribution >= 4 is 11.8 Å². The zero-order valence-electron chi connectivity index (χ0n) is 20.8. The van der Waals surface area contributed by atoms with E-state index in [-0.39, 0.29) is 38.2 Å². The predicted molar refractivity (Wildman–Crippen MR) is 118 cm³/mol. The average molecular weight is 551 g/mol. The van der Waals surface area contributed by atoms with E-state index in [1.807, 2.05) is 4.90 Å². The van der Waals surface area contributed by atoms with Gasteiger partial charge in [-0.2, -0.15) is 39.5 Å². The number of nitrogens with zero attached hydrogens (tertiary/aromatic N) is 3. The quantitative estimate of drug-likeness (QED) is 0.364. The van der Waals surface area contributed by atoms with Gasteiger partial charge >= 0.3 is 24.6 Å². The van der Waals surface area contributed by atoms with E-state index >= 15 is 0 Å². The van der Waals surface area contributed by atoms with Gasteiger partial charge in [0.1, 0.15) is 0 Å². The van der Waals surface area contributed by atoms with Crippen LogP contribution in [0.3, 0.4) is 0 Å². The summed E-state index contributed by atoms with van der Waals surface area (Å²) in [6, 6.07) is 3.86. The highest BCUT2D eigenvalue weighted by Gasteiger charge is 2.60. The summed E-state index contributed by atoms with van der Waals surface area (Å²) >= 11 is 0. The molecule has 212 valence electrons. The molecule has 0 unspecified atom stereocenters. The van der Waals surface area contributed by atoms with Gasteiger partial charge in [-0.1, -0.05) is 6.07 Å². The smallest absolute Gasteiger partial charge is 0.426 e. The first kappa shape index (κ1) is 30.8. The van der Waals surface area contributed by atoms with E-state index in [0.717, 1.165) is 11.0 Å². The lowest BCUT2D eigenvalue weighted by atomic mass is 9.87. The van der Waals surface area contributed by atoms with Crippen LogP contribution < -0.4 is 4.90 Å². The average Bonchev–Trinajstić information content (AvgIpc) is 2.76. The SMILES string of the molecule is CCN(CC)c1cc(CN(C)C2(C)CCN(C(=O)OC(C(F)(F)F)C(F)(F)F)CC2)ccc1C(F)(F)F. The molecule has 0 aliphatic carbocycles. The maximum Gasteiger partial charge on any atom is 0.434 e. The van der Waals surface area contributed by atoms with Crippen LogP contribution in [-0.2, 0) is 17.5 Å². The van der Waals surface area contributed by atoms with Gasteiger partial charge in [0.15, 0.2) is 0 Å². The fraction of sp³-hybridized carbons (Fsp3) is 0.696. The van der Waals surface area contributed by atoms with Crippen molar-refractivity contribution < 1.29 is 49.0 Å². The Hall–Kier alpha value is -2.38. The maximum absolute atomic E-state index is 13.5. The first-order chi connectivity index (χ1) is 16.8. The number of carbonyl (C=O) groups excluding carboxylic acids is 1. The van der Waals surface area contributed by atoms with Crippen LogP contribution in [0.25, 0.3) is 0 Å². The van der Waals surface area contributed by atoms with Crippen molar-refractivity contribution in [1.29, 1.82) is 0 Å². The van der Waals surface area contributed by atoms with Crippen LogP contribution in [0.2, 0.25) is 0 Å². The molecule has 2 rings (SSSR count). The second-order valence-corrected chi connectivity index (χ2v) is 9.21. The number of likely N-dealkylation sites (tertiary alicyclic amines) is 1. The van der Waals surface area contributed by atoms with Crippen LogP contribution in [0.4, 0.5) is 50.0 Å². The number of alkyl halides is 9. The number of anilines is 1. The Morgan fingerprint density at radius 3 is 1.95 bits per heavy atom. The molecule has 0 radical (unpaired) electrons. The molecular weight excluding hydrogens is 521 g/mol. The fourth-order valence-corrected chi connectivity index (χ4v) is 4.25. The summed E-state index contributed by atoms with van der Waals surface area (Å²) in [7, 11) is 1.71. The van der Waals surface area contributed by atoms with Crippen LogP contribution >= 0.6 is 0 Å². The highest BCUT2D eigenvalue weighted by Crippen LogP contribution is 2.39. The molecule has 0 N–H and O–H groups in total. The number of halogens is 9. The Kier molecular flexibility index (Phi) is 9.30. The third-order valence-corrected chi connectivity index (χ3v) is 6.73. The molecule has 5 nitrogen and oxygen atoms in total. The molecule has 1 aliphatic rings. The summed E-state index contributed by atoms with van der Waals surface area (Å²) in [4.78, 5) is 16.3. The normalized spacial score (nSPS) is 16.9. The lowest BCUT2D eigenvalue weighted by Gasteiger charge is -2.45. The van der Waals surface area contributed by atoms with Crippen LogP contribution in [-0.4, -0.2) is 73.1 Å². The van der Waals surface area contributed by atoms with Crippen LogP contribution in [0, 0.1) is 0 Å². The lowest BCUT2D eigenvalue weighted by molar-refractivity contribution is -0.308. The summed E-state index contributed by atoms with van der Waals surface area (Å²) < 4.78 is 121. The third-order valence-electron chi connectivity index (χ3n) is 6.73. The number of hydrogen-bond donors (Lipinski definition) is 0. The zero-order valence-corrected chi connectivity index (χ0v) is 20.8. The van der Waals surface area contributed by atoms with Gasteiger partial charge in [-0.15, -0.1) is 0 Å². The van der Waals surface area contributed by atoms with E-state index < -0.39 is 41.8 Å². The van der Waals surface area contributed by atoms with Gasteiger partial charge in [-0.05, 0) is 58.4 Å². The van der Waals surface area contributed by atoms with Gasteiger partial charge < -0.3 is 14.5 Å². The molecule has 37 heavy (non-hydrogen) atoms. The monoisotopic (exact) mass is 551 g/mol. The molecule has 1 saturated heterocycles. The van der Waals surface area contributed by atoms with Crippen molar-refractivity contribution in [3.05, 3.63) is 29.3 Å². The summed E-state index contributed by atoms with van der Waals surface area (Å²) in [5, 5.41) is 0. The number of carbonyl (C=O) groups is 1. The Morgan fingerprint density at radius 1 is 1.00 bits per heavy atom. The minimum Gasteiger partial charge on any atom is -0.426 e. The number of amides is 1. The number of rotatable bonds is 7. The van der Waals surface area contributed by atoms with Crippen LogP contribution in [0.15, 0.2) is 18.2 Å². The standard InChI is InChI=1S/C23H30F9N3O2/c1-5-34(6-2)17-13-15(7-8-16(17)21(24,25)26)14-33(4)20(3)9-11-35(12-10-20)19(36)37-18(22(27,28)29)23(30,31)32/h7-8,13,18H,5-6,9-12,14H2,1-4H3. The number of benzene rings is 1. The van der Waals surface area contributed by atoms with Crippen LogP contribution in [0.1, 0.15) is 44.7 Å². The Balaban J connectivity index is 2.11. The minimum atomic E-state index is -5.80. The molecule has 0 saturated carbocycles. The summed E-state index contributed by atoms with van der Waals surface area (Å²) in [6.45, 7) is 5.95. The van der Waals surface area contributed by atoms with Crippen molar-refractivity contribution in [2.45, 2.75) is 70.3 Å². The van der Waals surface area contributed by atoms with E-state index in [2.05, 4.69) is 4.74 Å². The van der Waals surface area contributed by atoms with E-state index in [9.17, 15) is 44.3 Å². The van der Waals surface area contributed by atoms with Crippen molar-refractivity contribution in [3.63, 3.8) is 0 Å². The Bertz CT molecular complexity index is 906. The van der Waals surface area contributed by atoms with Gasteiger partial charge in [0.25, 0.3) is 6.10 Å². The Labute approximate surface area is 209 Å². The predicted octanol–water partition coefficient (Wildman–Crippen LogP) is 6.47. The summed E-state index contributed by atoms with van der Waals surface area (Å²) in [5.74, 6) is 0. The van der Waals surface area contributed by atoms with Crippen LogP contribution in [0.5, 0.6) is 0 Å². The van der Waals surface area contributed by atoms with E-state index in [1.54, 1.807) is 32.7 Å². The van der Waals surface area contributed by atoms with E-state index in [0.29, 0.717) is 18.7 Å². The summed E-state index contributed by atoms with van der Waals surface area (Å²) in [6.07, 6.45) is -21.7. The van der Waals surface area contributed by atoms with Gasteiger partial charge in [0, 0.05) is 44.0 Å². The second-order valence-electron chi connectivity index (χ2n) is 9.21. The second kappa shape index (κ2) is 11.2. The fourth-order valence-electron chi connectivity index (χ4n) is 4.25. The molecule has 1 fully saturated rings. The number of hydrogen-bond acceptors (Lipinski definition) is 4. The number of ether oxygens (including phenoxy) is 1. The molecule has 0 bridgehead atoms. The molecule has 1 aliphatic heterocycles. The lowest BCUT2D eigenvalue weighted by Crippen LogP contribution is -2.54. The molecule has 0 atom stereocenters. The molecule has 1 amide bonds. The van der Waals surface area contributed by atoms with Gasteiger partial charge in [0.2, 0.25) is 0 Å². The third kappa shape index (κ3) is 7.57. The largest absolute Gasteiger partial charge is 0.434 e. The van der Waals surface area contributed by atoms with Crippen molar-refractivity contribution in [3.8, 4) is 0 Å². The van der Waals surface area contributed by atoms with Gasteiger partial charge in [-0.3, -0.25) is 4.90 Å². The summed E-state index contributed by atoms with van der Waals surface area (Å²) in [5.41, 5.74) is -0.729. The Morgan fingerprint density at radius 2 is 1.51 bits per heavy atom. The van der Waals surface area contributed by atoms with Crippen molar-refractivity contribution in [1.82, 2.24) is 9.80 Å². The zero-order chi connectivity index (χ0) is 28.4. The molecule has 1 heterocycles. The molecule has 0 aromatic heterocycles. The highest BCUT2D eigenvalue weighted by atomic mass is 19.4. The maximum atomic E-state index is 13.5. The van der Waals surface area contributed by atoms with Crippen molar-refractivity contribution in [2.75, 3.05) is 38.1 Å². The minimum absolute atomic E-state index is 0.0509. The van der Waals surface area contributed by atoms with E-state index in [1.165, 1.54) is 12.1 Å². The van der Waals surface area contributed by atoms with Gasteiger partial charge in [-0.25, -0.2) is 4.79 Å². The highest BCUT2D eigenvalue weighted by molar-refractivity contribution is 5.68. The molecule has 0 spiro atoms. The van der Waals surface area contributed by atoms with Gasteiger partial charge in [0.05, 0.1) is 5.56 Å². The molecule has 14 heteroatoms. The first-order valence-electron chi connectivity index (χ1n) is 11.6. The topological polar surface area (TPSA) is 36.0 Å². The van der Waals surface area contributed by atoms with Crippen molar-refractivity contribution in [2.24, 2.45) is 0 Å². The molecule has 1 aromatic carbocycles. The first-order valence-corrected chi connectivity index (χ1v) is 11.6.